The van der Waals surface area contributed by atoms with Crippen molar-refractivity contribution in [3.05, 3.63) is 30.1 Å². The van der Waals surface area contributed by atoms with Gasteiger partial charge in [-0.1, -0.05) is 0 Å². The lowest BCUT2D eigenvalue weighted by Gasteiger charge is -2.23. The first-order valence-electron chi connectivity index (χ1n) is 5.45. The first-order valence-corrected chi connectivity index (χ1v) is 6.60. The molecule has 2 rings (SSSR count). The summed E-state index contributed by atoms with van der Waals surface area (Å²) in [5, 5.41) is 0. The number of hydrogen-bond acceptors (Lipinski definition) is 3. The highest BCUT2D eigenvalue weighted by Gasteiger charge is 2.23. The average molecular weight is 252 g/mol. The summed E-state index contributed by atoms with van der Waals surface area (Å²) in [6, 6.07) is 3.68. The SMILES string of the molecule is CC(C)(C)S(=O)NC1=CCOc2cccnc21. The van der Waals surface area contributed by atoms with Crippen LogP contribution in [0, 0.1) is 0 Å². The Morgan fingerprint density at radius 1 is 1.47 bits per heavy atom. The molecule has 1 aliphatic heterocycles. The van der Waals surface area contributed by atoms with Crippen molar-refractivity contribution in [3.8, 4) is 5.75 Å². The van der Waals surface area contributed by atoms with Crippen LogP contribution in [0.25, 0.3) is 5.70 Å². The molecule has 1 atom stereocenters. The molecule has 0 saturated heterocycles. The molecule has 1 aliphatic rings. The molecular formula is C12H16N2O2S. The van der Waals surface area contributed by atoms with Crippen LogP contribution < -0.4 is 9.46 Å². The summed E-state index contributed by atoms with van der Waals surface area (Å²) in [5.74, 6) is 0.725. The summed E-state index contributed by atoms with van der Waals surface area (Å²) in [4.78, 5) is 4.25. The van der Waals surface area contributed by atoms with E-state index in [2.05, 4.69) is 9.71 Å². The number of aromatic nitrogens is 1. The van der Waals surface area contributed by atoms with Gasteiger partial charge in [-0.05, 0) is 39.0 Å². The van der Waals surface area contributed by atoms with Crippen LogP contribution in [0.3, 0.4) is 0 Å². The van der Waals surface area contributed by atoms with Gasteiger partial charge in [0.25, 0.3) is 0 Å². The average Bonchev–Trinajstić information content (AvgIpc) is 2.28. The minimum Gasteiger partial charge on any atom is -0.487 e. The molecule has 0 radical (unpaired) electrons. The Kier molecular flexibility index (Phi) is 3.19. The summed E-state index contributed by atoms with van der Waals surface area (Å²) in [5.41, 5.74) is 1.50. The standard InChI is InChI=1S/C12H16N2O2S/c1-12(2,3)17(15)14-9-6-8-16-10-5-4-7-13-11(9)10/h4-7,14H,8H2,1-3H3. The van der Waals surface area contributed by atoms with Crippen molar-refractivity contribution in [1.29, 1.82) is 0 Å². The number of pyridine rings is 1. The summed E-state index contributed by atoms with van der Waals surface area (Å²) in [7, 11) is -1.16. The summed E-state index contributed by atoms with van der Waals surface area (Å²) in [6.07, 6.45) is 3.56. The Morgan fingerprint density at radius 2 is 2.24 bits per heavy atom. The van der Waals surface area contributed by atoms with Gasteiger partial charge in [0.2, 0.25) is 0 Å². The quantitative estimate of drug-likeness (QED) is 0.874. The number of nitrogens with one attached hydrogen (secondary N) is 1. The predicted molar refractivity (Wildman–Crippen MR) is 68.7 cm³/mol. The van der Waals surface area contributed by atoms with Gasteiger partial charge in [0.05, 0.1) is 10.4 Å². The van der Waals surface area contributed by atoms with E-state index < -0.39 is 11.0 Å². The molecular weight excluding hydrogens is 236 g/mol. The fourth-order valence-corrected chi connectivity index (χ4v) is 2.05. The fourth-order valence-electron chi connectivity index (χ4n) is 1.36. The van der Waals surface area contributed by atoms with Crippen LogP contribution in [0.4, 0.5) is 0 Å². The van der Waals surface area contributed by atoms with Crippen LogP contribution in [0.1, 0.15) is 26.5 Å². The minimum atomic E-state index is -1.16. The fraction of sp³-hybridized carbons (Fsp3) is 0.417. The summed E-state index contributed by atoms with van der Waals surface area (Å²) >= 11 is 0. The van der Waals surface area contributed by atoms with Crippen molar-refractivity contribution in [3.63, 3.8) is 0 Å². The van der Waals surface area contributed by atoms with Gasteiger partial charge in [0.15, 0.2) is 0 Å². The third kappa shape index (κ3) is 2.66. The van der Waals surface area contributed by atoms with Crippen LogP contribution in [0.15, 0.2) is 24.4 Å². The molecule has 1 N–H and O–H groups in total. The minimum absolute atomic E-state index is 0.311. The number of fused-ring (bicyclic) bond motifs is 1. The molecule has 0 aromatic carbocycles. The second kappa shape index (κ2) is 4.49. The van der Waals surface area contributed by atoms with E-state index >= 15 is 0 Å². The molecule has 1 aromatic heterocycles. The van der Waals surface area contributed by atoms with Crippen LogP contribution in [0.5, 0.6) is 5.75 Å². The van der Waals surface area contributed by atoms with Gasteiger partial charge in [-0.15, -0.1) is 0 Å². The largest absolute Gasteiger partial charge is 0.487 e. The topological polar surface area (TPSA) is 51.2 Å². The molecule has 1 unspecified atom stereocenters. The van der Waals surface area contributed by atoms with E-state index in [1.165, 1.54) is 0 Å². The lowest BCUT2D eigenvalue weighted by molar-refractivity contribution is 0.354. The summed E-state index contributed by atoms with van der Waals surface area (Å²) < 4.78 is 20.2. The zero-order valence-corrected chi connectivity index (χ0v) is 11.0. The van der Waals surface area contributed by atoms with Crippen molar-refractivity contribution in [2.24, 2.45) is 0 Å². The van der Waals surface area contributed by atoms with E-state index in [0.717, 1.165) is 17.1 Å². The van der Waals surface area contributed by atoms with E-state index in [9.17, 15) is 4.21 Å². The Labute approximate surface area is 104 Å². The smallest absolute Gasteiger partial charge is 0.147 e. The van der Waals surface area contributed by atoms with Crippen LogP contribution in [-0.4, -0.2) is 20.5 Å². The van der Waals surface area contributed by atoms with Gasteiger partial charge in [-0.25, -0.2) is 4.21 Å². The molecule has 0 fully saturated rings. The summed E-state index contributed by atoms with van der Waals surface area (Å²) in [6.45, 7) is 6.25. The van der Waals surface area contributed by atoms with E-state index in [1.54, 1.807) is 6.20 Å². The molecule has 4 nitrogen and oxygen atoms in total. The van der Waals surface area contributed by atoms with E-state index in [4.69, 9.17) is 4.74 Å². The van der Waals surface area contributed by atoms with Gasteiger partial charge in [-0.2, -0.15) is 0 Å². The van der Waals surface area contributed by atoms with Crippen molar-refractivity contribution in [1.82, 2.24) is 9.71 Å². The van der Waals surface area contributed by atoms with E-state index in [1.807, 2.05) is 39.0 Å². The Balaban J connectivity index is 2.24. The normalized spacial score (nSPS) is 16.5. The monoisotopic (exact) mass is 252 g/mol. The van der Waals surface area contributed by atoms with Crippen molar-refractivity contribution >= 4 is 16.7 Å². The van der Waals surface area contributed by atoms with Gasteiger partial charge in [0.1, 0.15) is 29.0 Å². The Bertz CT molecular complexity index is 478. The van der Waals surface area contributed by atoms with Crippen LogP contribution in [-0.2, 0) is 11.0 Å². The zero-order chi connectivity index (χ0) is 12.5. The van der Waals surface area contributed by atoms with Gasteiger partial charge in [0, 0.05) is 6.20 Å². The Morgan fingerprint density at radius 3 is 2.94 bits per heavy atom. The number of hydrogen-bond donors (Lipinski definition) is 1. The van der Waals surface area contributed by atoms with Crippen molar-refractivity contribution < 1.29 is 8.95 Å². The maximum absolute atomic E-state index is 12.0. The first kappa shape index (κ1) is 12.1. The number of nitrogens with zero attached hydrogens (tertiary/aromatic N) is 1. The molecule has 2 heterocycles. The molecule has 0 amide bonds. The molecule has 1 aromatic rings. The zero-order valence-electron chi connectivity index (χ0n) is 10.2. The lowest BCUT2D eigenvalue weighted by atomic mass is 10.2. The van der Waals surface area contributed by atoms with Crippen LogP contribution in [0.2, 0.25) is 0 Å². The highest BCUT2D eigenvalue weighted by molar-refractivity contribution is 7.84. The third-order valence-corrected chi connectivity index (χ3v) is 3.83. The maximum Gasteiger partial charge on any atom is 0.147 e. The molecule has 0 saturated carbocycles. The third-order valence-electron chi connectivity index (χ3n) is 2.31. The van der Waals surface area contributed by atoms with E-state index in [-0.39, 0.29) is 4.75 Å². The number of ether oxygens (including phenoxy) is 1. The molecule has 17 heavy (non-hydrogen) atoms. The van der Waals surface area contributed by atoms with Gasteiger partial charge < -0.3 is 9.46 Å². The van der Waals surface area contributed by atoms with Crippen molar-refractivity contribution in [2.75, 3.05) is 6.61 Å². The molecule has 0 spiro atoms. The highest BCUT2D eigenvalue weighted by Crippen LogP contribution is 2.26. The molecule has 5 heteroatoms. The van der Waals surface area contributed by atoms with E-state index in [0.29, 0.717) is 6.61 Å². The first-order chi connectivity index (χ1) is 7.98. The molecule has 92 valence electrons. The molecule has 0 aliphatic carbocycles. The van der Waals surface area contributed by atoms with Crippen molar-refractivity contribution in [2.45, 2.75) is 25.5 Å². The lowest BCUT2D eigenvalue weighted by Crippen LogP contribution is -2.33. The maximum atomic E-state index is 12.0. The van der Waals surface area contributed by atoms with Gasteiger partial charge in [-0.3, -0.25) is 4.98 Å². The number of rotatable bonds is 2. The Hall–Kier alpha value is -1.36. The highest BCUT2D eigenvalue weighted by atomic mass is 32.2. The van der Waals surface area contributed by atoms with Crippen LogP contribution >= 0.6 is 0 Å². The second-order valence-corrected chi connectivity index (χ2v) is 6.73. The second-order valence-electron chi connectivity index (χ2n) is 4.76. The van der Waals surface area contributed by atoms with Gasteiger partial charge >= 0.3 is 0 Å². The molecule has 0 bridgehead atoms. The predicted octanol–water partition coefficient (Wildman–Crippen LogP) is 1.87.